The molecule has 1 amide bonds. The van der Waals surface area contributed by atoms with Gasteiger partial charge in [0, 0.05) is 15.8 Å². The van der Waals surface area contributed by atoms with Gasteiger partial charge in [-0.25, -0.2) is 4.79 Å². The molecule has 186 valence electrons. The molecule has 0 saturated heterocycles. The number of nitrogens with zero attached hydrogens (tertiary/aromatic N) is 2. The average Bonchev–Trinajstić information content (AvgIpc) is 3.28. The largest absolute Gasteiger partial charge is 0.493 e. The van der Waals surface area contributed by atoms with Gasteiger partial charge in [-0.05, 0) is 42.8 Å². The van der Waals surface area contributed by atoms with Crippen molar-refractivity contribution in [3.63, 3.8) is 0 Å². The van der Waals surface area contributed by atoms with Crippen molar-refractivity contribution >= 4 is 50.6 Å². The smallest absolute Gasteiger partial charge is 0.359 e. The average molecular weight is 528 g/mol. The third-order valence-electron chi connectivity index (χ3n) is 5.24. The third-order valence-corrected chi connectivity index (χ3v) is 6.37. The van der Waals surface area contributed by atoms with E-state index in [-0.39, 0.29) is 30.0 Å². The number of hydrogen-bond acceptors (Lipinski definition) is 8. The van der Waals surface area contributed by atoms with Gasteiger partial charge < -0.3 is 19.5 Å². The van der Waals surface area contributed by atoms with Gasteiger partial charge in [-0.3, -0.25) is 9.59 Å². The Kier molecular flexibility index (Phi) is 7.56. The summed E-state index contributed by atoms with van der Waals surface area (Å²) < 4.78 is 16.8. The monoisotopic (exact) mass is 527 g/mol. The molecular formula is C25H22ClN3O6S. The quantitative estimate of drug-likeness (QED) is 0.336. The molecule has 0 spiro atoms. The van der Waals surface area contributed by atoms with E-state index in [1.165, 1.54) is 14.2 Å². The van der Waals surface area contributed by atoms with Crippen molar-refractivity contribution in [1.29, 1.82) is 0 Å². The SMILES string of the molecule is CCOC(=O)c1nn(-c2cccc(Cl)c2)c(=O)c2c(NC(=O)Cc3ccc(OC)c(OC)c3)scc12. The Morgan fingerprint density at radius 2 is 1.89 bits per heavy atom. The number of benzene rings is 2. The highest BCUT2D eigenvalue weighted by atomic mass is 35.5. The van der Waals surface area contributed by atoms with E-state index >= 15 is 0 Å². The molecule has 11 heteroatoms. The van der Waals surface area contributed by atoms with Gasteiger partial charge in [-0.15, -0.1) is 11.3 Å². The van der Waals surface area contributed by atoms with Gasteiger partial charge in [-0.1, -0.05) is 23.7 Å². The molecular weight excluding hydrogens is 506 g/mol. The Hall–Kier alpha value is -3.89. The van der Waals surface area contributed by atoms with Crippen molar-refractivity contribution < 1.29 is 23.8 Å². The summed E-state index contributed by atoms with van der Waals surface area (Å²) in [5.41, 5.74) is 0.510. The second-order valence-electron chi connectivity index (χ2n) is 7.53. The van der Waals surface area contributed by atoms with Crippen LogP contribution in [0.4, 0.5) is 5.00 Å². The van der Waals surface area contributed by atoms with Crippen LogP contribution in [0.25, 0.3) is 16.5 Å². The molecule has 1 N–H and O–H groups in total. The van der Waals surface area contributed by atoms with Crippen LogP contribution in [-0.4, -0.2) is 42.5 Å². The van der Waals surface area contributed by atoms with Crippen molar-refractivity contribution in [3.8, 4) is 17.2 Å². The molecule has 2 aromatic heterocycles. The van der Waals surface area contributed by atoms with Crippen LogP contribution < -0.4 is 20.3 Å². The lowest BCUT2D eigenvalue weighted by molar-refractivity contribution is -0.115. The number of thiophene rings is 1. The zero-order valence-corrected chi connectivity index (χ0v) is 21.2. The van der Waals surface area contributed by atoms with Crippen LogP contribution in [0.5, 0.6) is 11.5 Å². The maximum Gasteiger partial charge on any atom is 0.359 e. The molecule has 0 aliphatic heterocycles. The molecule has 0 aliphatic carbocycles. The fourth-order valence-corrected chi connectivity index (χ4v) is 4.76. The number of esters is 1. The van der Waals surface area contributed by atoms with E-state index in [1.54, 1.807) is 54.8 Å². The number of carbonyl (C=O) groups is 2. The number of halogens is 1. The zero-order chi connectivity index (χ0) is 25.8. The molecule has 0 atom stereocenters. The number of nitrogens with one attached hydrogen (secondary N) is 1. The minimum atomic E-state index is -0.681. The number of amides is 1. The van der Waals surface area contributed by atoms with Crippen LogP contribution in [0, 0.1) is 0 Å². The van der Waals surface area contributed by atoms with Crippen molar-refractivity contribution in [1.82, 2.24) is 9.78 Å². The zero-order valence-electron chi connectivity index (χ0n) is 19.7. The first-order valence-electron chi connectivity index (χ1n) is 10.8. The van der Waals surface area contributed by atoms with E-state index in [4.69, 9.17) is 25.8 Å². The van der Waals surface area contributed by atoms with E-state index in [1.807, 2.05) is 0 Å². The molecule has 2 aromatic carbocycles. The van der Waals surface area contributed by atoms with Crippen LogP contribution in [0.2, 0.25) is 5.02 Å². The van der Waals surface area contributed by atoms with Gasteiger partial charge in [0.05, 0.1) is 38.3 Å². The predicted octanol–water partition coefficient (Wildman–Crippen LogP) is 4.48. The number of hydrogen-bond donors (Lipinski definition) is 1. The van der Waals surface area contributed by atoms with Gasteiger partial charge in [0.25, 0.3) is 5.56 Å². The minimum Gasteiger partial charge on any atom is -0.493 e. The lowest BCUT2D eigenvalue weighted by atomic mass is 10.1. The van der Waals surface area contributed by atoms with Crippen molar-refractivity contribution in [2.75, 3.05) is 26.1 Å². The summed E-state index contributed by atoms with van der Waals surface area (Å²) in [5, 5.41) is 9.80. The molecule has 0 bridgehead atoms. The molecule has 0 unspecified atom stereocenters. The summed E-state index contributed by atoms with van der Waals surface area (Å²) in [4.78, 5) is 39.1. The highest BCUT2D eigenvalue weighted by molar-refractivity contribution is 7.16. The summed E-state index contributed by atoms with van der Waals surface area (Å²) in [5.74, 6) is 0.0128. The second-order valence-corrected chi connectivity index (χ2v) is 8.85. The number of fused-ring (bicyclic) bond motifs is 1. The first-order valence-corrected chi connectivity index (χ1v) is 12.1. The summed E-state index contributed by atoms with van der Waals surface area (Å²) in [6.07, 6.45) is 0.0258. The third kappa shape index (κ3) is 5.05. The van der Waals surface area contributed by atoms with Crippen molar-refractivity contribution in [2.45, 2.75) is 13.3 Å². The summed E-state index contributed by atoms with van der Waals surface area (Å²) >= 11 is 7.23. The molecule has 4 rings (SSSR count). The number of carbonyl (C=O) groups excluding carboxylic acids is 2. The van der Waals surface area contributed by atoms with Gasteiger partial charge in [0.2, 0.25) is 5.91 Å². The normalized spacial score (nSPS) is 10.8. The summed E-state index contributed by atoms with van der Waals surface area (Å²) in [7, 11) is 3.04. The Morgan fingerprint density at radius 1 is 1.11 bits per heavy atom. The van der Waals surface area contributed by atoms with E-state index in [2.05, 4.69) is 10.4 Å². The standard InChI is InChI=1S/C25H22ClN3O6S/c1-4-35-25(32)22-17-13-36-23(21(17)24(31)29(28-22)16-7-5-6-15(26)12-16)27-20(30)11-14-8-9-18(33-2)19(10-14)34-3/h5-10,12-13H,4,11H2,1-3H3,(H,27,30). The molecule has 36 heavy (non-hydrogen) atoms. The first kappa shape index (κ1) is 25.2. The Bertz CT molecular complexity index is 1510. The van der Waals surface area contributed by atoms with Gasteiger partial charge >= 0.3 is 5.97 Å². The molecule has 0 radical (unpaired) electrons. The number of aromatic nitrogens is 2. The lowest BCUT2D eigenvalue weighted by Crippen LogP contribution is -2.25. The fraction of sp³-hybridized carbons (Fsp3) is 0.200. The number of methoxy groups -OCH3 is 2. The van der Waals surface area contributed by atoms with Gasteiger partial charge in [0.1, 0.15) is 5.00 Å². The van der Waals surface area contributed by atoms with Crippen LogP contribution >= 0.6 is 22.9 Å². The van der Waals surface area contributed by atoms with E-state index in [0.29, 0.717) is 38.2 Å². The maximum atomic E-state index is 13.5. The minimum absolute atomic E-state index is 0.0258. The van der Waals surface area contributed by atoms with E-state index in [0.717, 1.165) is 16.0 Å². The highest BCUT2D eigenvalue weighted by Crippen LogP contribution is 2.32. The molecule has 0 saturated carbocycles. The number of ether oxygens (including phenoxy) is 3. The topological polar surface area (TPSA) is 109 Å². The Balaban J connectivity index is 1.75. The molecule has 0 fully saturated rings. The van der Waals surface area contributed by atoms with Crippen LogP contribution in [0.1, 0.15) is 23.0 Å². The first-order chi connectivity index (χ1) is 17.4. The predicted molar refractivity (Wildman–Crippen MR) is 138 cm³/mol. The second kappa shape index (κ2) is 10.8. The highest BCUT2D eigenvalue weighted by Gasteiger charge is 2.23. The summed E-state index contributed by atoms with van der Waals surface area (Å²) in [6.45, 7) is 1.81. The van der Waals surface area contributed by atoms with Crippen molar-refractivity contribution in [3.05, 3.63) is 74.5 Å². The van der Waals surface area contributed by atoms with Gasteiger partial charge in [0.15, 0.2) is 17.2 Å². The molecule has 2 heterocycles. The lowest BCUT2D eigenvalue weighted by Gasteiger charge is -2.11. The molecule has 9 nitrogen and oxygen atoms in total. The van der Waals surface area contributed by atoms with Crippen LogP contribution in [0.15, 0.2) is 52.6 Å². The Morgan fingerprint density at radius 3 is 2.58 bits per heavy atom. The van der Waals surface area contributed by atoms with Crippen LogP contribution in [-0.2, 0) is 16.0 Å². The summed E-state index contributed by atoms with van der Waals surface area (Å²) in [6, 6.07) is 11.7. The number of anilines is 1. The molecule has 4 aromatic rings. The van der Waals surface area contributed by atoms with E-state index < -0.39 is 11.5 Å². The Labute approximate surface area is 215 Å². The maximum absolute atomic E-state index is 13.5. The van der Waals surface area contributed by atoms with Crippen molar-refractivity contribution in [2.24, 2.45) is 0 Å². The number of rotatable bonds is 8. The molecule has 0 aliphatic rings. The van der Waals surface area contributed by atoms with Gasteiger partial charge in [-0.2, -0.15) is 9.78 Å². The van der Waals surface area contributed by atoms with E-state index in [9.17, 15) is 14.4 Å². The van der Waals surface area contributed by atoms with Crippen LogP contribution in [0.3, 0.4) is 0 Å². The fourth-order valence-electron chi connectivity index (χ4n) is 3.62.